The van der Waals surface area contributed by atoms with E-state index in [2.05, 4.69) is 31.5 Å². The van der Waals surface area contributed by atoms with Gasteiger partial charge in [0.1, 0.15) is 11.4 Å². The number of hydrogen-bond acceptors (Lipinski definition) is 5. The number of carbonyl (C=O) groups excluding carboxylic acids is 2. The van der Waals surface area contributed by atoms with E-state index in [1.165, 1.54) is 6.20 Å². The quantitative estimate of drug-likeness (QED) is 0.624. The fraction of sp³-hybridized carbons (Fsp3) is 0.533. The molecule has 0 aliphatic heterocycles. The minimum atomic E-state index is -0.516. The highest BCUT2D eigenvalue weighted by atomic mass is 79.9. The van der Waals surface area contributed by atoms with Gasteiger partial charge >= 0.3 is 6.09 Å². The molecule has 2 amide bonds. The fourth-order valence-electron chi connectivity index (χ4n) is 1.66. The smallest absolute Gasteiger partial charge is 0.407 e. The van der Waals surface area contributed by atoms with Gasteiger partial charge in [-0.1, -0.05) is 0 Å². The first-order valence-electron chi connectivity index (χ1n) is 7.35. The number of primary amides is 1. The van der Waals surface area contributed by atoms with Crippen molar-refractivity contribution in [3.8, 4) is 0 Å². The molecule has 4 N–H and O–H groups in total. The summed E-state index contributed by atoms with van der Waals surface area (Å²) in [5.41, 5.74) is 5.05. The molecular weight excluding hydrogens is 364 g/mol. The van der Waals surface area contributed by atoms with Crippen LogP contribution in [0.5, 0.6) is 0 Å². The molecule has 0 unspecified atom stereocenters. The average molecular weight is 387 g/mol. The Bertz CT molecular complexity index is 558. The number of carbonyl (C=O) groups is 2. The van der Waals surface area contributed by atoms with Crippen molar-refractivity contribution in [2.45, 2.75) is 39.2 Å². The lowest BCUT2D eigenvalue weighted by Gasteiger charge is -2.19. The van der Waals surface area contributed by atoms with Crippen LogP contribution in [0.25, 0.3) is 0 Å². The maximum Gasteiger partial charge on any atom is 0.407 e. The van der Waals surface area contributed by atoms with Crippen molar-refractivity contribution in [2.24, 2.45) is 5.73 Å². The van der Waals surface area contributed by atoms with Crippen molar-refractivity contribution in [1.29, 1.82) is 0 Å². The van der Waals surface area contributed by atoms with Gasteiger partial charge in [-0.05, 0) is 55.6 Å². The minimum absolute atomic E-state index is 0.351. The van der Waals surface area contributed by atoms with Gasteiger partial charge in [0, 0.05) is 19.3 Å². The zero-order chi connectivity index (χ0) is 17.5. The monoisotopic (exact) mass is 386 g/mol. The van der Waals surface area contributed by atoms with Gasteiger partial charge in [0.15, 0.2) is 0 Å². The van der Waals surface area contributed by atoms with E-state index in [-0.39, 0.29) is 0 Å². The van der Waals surface area contributed by atoms with Crippen LogP contribution in [0.3, 0.4) is 0 Å². The van der Waals surface area contributed by atoms with E-state index >= 15 is 0 Å². The lowest BCUT2D eigenvalue weighted by Crippen LogP contribution is -2.33. The first kappa shape index (κ1) is 19.2. The highest BCUT2D eigenvalue weighted by Gasteiger charge is 2.15. The summed E-state index contributed by atoms with van der Waals surface area (Å²) in [4.78, 5) is 26.6. The third kappa shape index (κ3) is 7.83. The largest absolute Gasteiger partial charge is 0.444 e. The molecule has 1 aromatic rings. The standard InChI is InChI=1S/C15H23BrN4O3/c1-15(2,3)23-14(22)19-7-5-4-6-18-13-11(16)8-10(9-20-13)12(17)21/h8-9H,4-7H2,1-3H3,(H2,17,21)(H,18,20)(H,19,22). The summed E-state index contributed by atoms with van der Waals surface area (Å²) in [5, 5.41) is 5.86. The van der Waals surface area contributed by atoms with Crippen LogP contribution in [0.2, 0.25) is 0 Å². The van der Waals surface area contributed by atoms with Crippen LogP contribution in [-0.4, -0.2) is 35.7 Å². The number of nitrogens with zero attached hydrogens (tertiary/aromatic N) is 1. The number of pyridine rings is 1. The van der Waals surface area contributed by atoms with Crippen molar-refractivity contribution in [3.63, 3.8) is 0 Å². The number of nitrogens with one attached hydrogen (secondary N) is 2. The molecule has 0 bridgehead atoms. The fourth-order valence-corrected chi connectivity index (χ4v) is 2.15. The zero-order valence-corrected chi connectivity index (χ0v) is 15.2. The van der Waals surface area contributed by atoms with Crippen molar-refractivity contribution >= 4 is 33.7 Å². The topological polar surface area (TPSA) is 106 Å². The summed E-state index contributed by atoms with van der Waals surface area (Å²) in [5.74, 6) is 0.132. The predicted molar refractivity (Wildman–Crippen MR) is 92.4 cm³/mol. The van der Waals surface area contributed by atoms with Gasteiger partial charge in [-0.2, -0.15) is 0 Å². The van der Waals surface area contributed by atoms with Gasteiger partial charge in [0.25, 0.3) is 0 Å². The Morgan fingerprint density at radius 1 is 1.30 bits per heavy atom. The third-order valence-corrected chi connectivity index (χ3v) is 3.29. The van der Waals surface area contributed by atoms with Gasteiger partial charge in [-0.3, -0.25) is 4.79 Å². The molecule has 1 heterocycles. The van der Waals surface area contributed by atoms with E-state index in [0.717, 1.165) is 12.8 Å². The predicted octanol–water partition coefficient (Wildman–Crippen LogP) is 2.66. The number of aromatic nitrogens is 1. The van der Waals surface area contributed by atoms with Gasteiger partial charge in [-0.25, -0.2) is 9.78 Å². The molecule has 0 radical (unpaired) electrons. The molecule has 0 saturated heterocycles. The Balaban J connectivity index is 2.23. The number of hydrogen-bond donors (Lipinski definition) is 3. The number of unbranched alkanes of at least 4 members (excludes halogenated alkanes) is 1. The first-order chi connectivity index (χ1) is 10.7. The lowest BCUT2D eigenvalue weighted by atomic mass is 10.2. The normalized spacial score (nSPS) is 11.0. The number of rotatable bonds is 7. The summed E-state index contributed by atoms with van der Waals surface area (Å²) in [6.07, 6.45) is 2.68. The van der Waals surface area contributed by atoms with Crippen LogP contribution in [0.1, 0.15) is 44.0 Å². The molecule has 0 atom stereocenters. The van der Waals surface area contributed by atoms with Gasteiger partial charge in [0.2, 0.25) is 5.91 Å². The lowest BCUT2D eigenvalue weighted by molar-refractivity contribution is 0.0527. The Hall–Kier alpha value is -1.83. The SMILES string of the molecule is CC(C)(C)OC(=O)NCCCCNc1ncc(C(N)=O)cc1Br. The molecule has 0 saturated carbocycles. The molecule has 23 heavy (non-hydrogen) atoms. The van der Waals surface area contributed by atoms with Crippen molar-refractivity contribution < 1.29 is 14.3 Å². The van der Waals surface area contributed by atoms with Crippen molar-refractivity contribution in [3.05, 3.63) is 22.3 Å². The molecule has 0 aliphatic rings. The molecule has 128 valence electrons. The number of nitrogens with two attached hydrogens (primary N) is 1. The Morgan fingerprint density at radius 2 is 1.96 bits per heavy atom. The zero-order valence-electron chi connectivity index (χ0n) is 13.6. The van der Waals surface area contributed by atoms with E-state index in [9.17, 15) is 9.59 Å². The second-order valence-electron chi connectivity index (χ2n) is 5.98. The van der Waals surface area contributed by atoms with E-state index in [0.29, 0.717) is 28.9 Å². The second-order valence-corrected chi connectivity index (χ2v) is 6.84. The number of ether oxygens (including phenoxy) is 1. The molecule has 0 spiro atoms. The highest BCUT2D eigenvalue weighted by Crippen LogP contribution is 2.20. The van der Waals surface area contributed by atoms with Crippen LogP contribution >= 0.6 is 15.9 Å². The number of alkyl carbamates (subject to hydrolysis) is 1. The molecule has 1 rings (SSSR count). The number of anilines is 1. The van der Waals surface area contributed by atoms with Crippen molar-refractivity contribution in [2.75, 3.05) is 18.4 Å². The van der Waals surface area contributed by atoms with Gasteiger partial charge in [0.05, 0.1) is 10.0 Å². The van der Waals surface area contributed by atoms with E-state index in [4.69, 9.17) is 10.5 Å². The van der Waals surface area contributed by atoms with E-state index in [1.807, 2.05) is 20.8 Å². The molecule has 1 aromatic heterocycles. The molecule has 0 aromatic carbocycles. The molecule has 0 fully saturated rings. The Labute approximate surface area is 144 Å². The van der Waals surface area contributed by atoms with Gasteiger partial charge < -0.3 is 21.1 Å². The summed E-state index contributed by atoms with van der Waals surface area (Å²) in [6, 6.07) is 1.63. The minimum Gasteiger partial charge on any atom is -0.444 e. The number of amides is 2. The highest BCUT2D eigenvalue weighted by molar-refractivity contribution is 9.10. The third-order valence-electron chi connectivity index (χ3n) is 2.69. The molecule has 7 nitrogen and oxygen atoms in total. The maximum atomic E-state index is 11.4. The van der Waals surface area contributed by atoms with E-state index < -0.39 is 17.6 Å². The summed E-state index contributed by atoms with van der Waals surface area (Å²) < 4.78 is 5.82. The Kier molecular flexibility index (Phi) is 7.28. The van der Waals surface area contributed by atoms with Crippen LogP contribution in [0.15, 0.2) is 16.7 Å². The second kappa shape index (κ2) is 8.71. The van der Waals surface area contributed by atoms with Gasteiger partial charge in [-0.15, -0.1) is 0 Å². The maximum absolute atomic E-state index is 11.4. The van der Waals surface area contributed by atoms with Crippen molar-refractivity contribution in [1.82, 2.24) is 10.3 Å². The summed E-state index contributed by atoms with van der Waals surface area (Å²) in [6.45, 7) is 6.71. The summed E-state index contributed by atoms with van der Waals surface area (Å²) in [7, 11) is 0. The molecular formula is C15H23BrN4O3. The summed E-state index contributed by atoms with van der Waals surface area (Å²) >= 11 is 3.34. The van der Waals surface area contributed by atoms with Crippen LogP contribution in [0.4, 0.5) is 10.6 Å². The van der Waals surface area contributed by atoms with Crippen LogP contribution < -0.4 is 16.4 Å². The number of halogens is 1. The van der Waals surface area contributed by atoms with Crippen LogP contribution in [0, 0.1) is 0 Å². The van der Waals surface area contributed by atoms with E-state index in [1.54, 1.807) is 6.07 Å². The molecule has 0 aliphatic carbocycles. The Morgan fingerprint density at radius 3 is 2.52 bits per heavy atom. The average Bonchev–Trinajstić information content (AvgIpc) is 2.41. The van der Waals surface area contributed by atoms with Crippen LogP contribution in [-0.2, 0) is 4.74 Å². The molecule has 8 heteroatoms. The first-order valence-corrected chi connectivity index (χ1v) is 8.14.